The van der Waals surface area contributed by atoms with Crippen LogP contribution in [0.5, 0.6) is 0 Å². The number of hydrogen-bond acceptors (Lipinski definition) is 3. The third kappa shape index (κ3) is 3.73. The first-order valence-electron chi connectivity index (χ1n) is 5.00. The molecule has 0 atom stereocenters. The van der Waals surface area contributed by atoms with Gasteiger partial charge < -0.3 is 10.2 Å². The summed E-state index contributed by atoms with van der Waals surface area (Å²) in [6, 6.07) is 1.99. The molecule has 0 bridgehead atoms. The third-order valence-corrected chi connectivity index (χ3v) is 2.10. The maximum atomic E-state index is 5.51. The van der Waals surface area contributed by atoms with Crippen molar-refractivity contribution >= 4 is 0 Å². The lowest BCUT2D eigenvalue weighted by Gasteiger charge is -2.16. The molecule has 0 spiro atoms. The number of furan rings is 1. The first-order chi connectivity index (χ1) is 7.30. The molecule has 0 aliphatic rings. The molecule has 1 aromatic rings. The van der Waals surface area contributed by atoms with Crippen LogP contribution < -0.4 is 5.73 Å². The van der Waals surface area contributed by atoms with E-state index in [1.54, 1.807) is 6.26 Å². The lowest BCUT2D eigenvalue weighted by Crippen LogP contribution is -2.22. The van der Waals surface area contributed by atoms with Gasteiger partial charge in [-0.05, 0) is 6.07 Å². The Morgan fingerprint density at radius 3 is 2.47 bits per heavy atom. The monoisotopic (exact) mass is 206 g/mol. The summed E-state index contributed by atoms with van der Waals surface area (Å²) in [5, 5.41) is 0. The van der Waals surface area contributed by atoms with E-state index in [1.165, 1.54) is 0 Å². The highest BCUT2D eigenvalue weighted by atomic mass is 16.3. The average molecular weight is 206 g/mol. The van der Waals surface area contributed by atoms with Gasteiger partial charge in [-0.1, -0.05) is 12.2 Å². The second kappa shape index (κ2) is 6.22. The standard InChI is InChI=1S/C12H18N2O/c1-3-5-14(6-4-2)9-12-7-11(8-13)10-15-12/h3-4,7,10H,1-2,5-6,8-9,13H2. The minimum absolute atomic E-state index is 0.520. The number of rotatable bonds is 7. The van der Waals surface area contributed by atoms with Gasteiger partial charge in [0, 0.05) is 25.2 Å². The van der Waals surface area contributed by atoms with Crippen molar-refractivity contribution in [2.75, 3.05) is 13.1 Å². The molecule has 0 saturated heterocycles. The van der Waals surface area contributed by atoms with Gasteiger partial charge in [0.25, 0.3) is 0 Å². The maximum absolute atomic E-state index is 5.51. The van der Waals surface area contributed by atoms with E-state index < -0.39 is 0 Å². The fraction of sp³-hybridized carbons (Fsp3) is 0.333. The Morgan fingerprint density at radius 2 is 2.00 bits per heavy atom. The zero-order chi connectivity index (χ0) is 11.1. The molecule has 1 heterocycles. The highest BCUT2D eigenvalue weighted by Gasteiger charge is 2.06. The lowest BCUT2D eigenvalue weighted by atomic mass is 10.3. The fourth-order valence-corrected chi connectivity index (χ4v) is 1.41. The Kier molecular flexibility index (Phi) is 4.87. The lowest BCUT2D eigenvalue weighted by molar-refractivity contribution is 0.295. The third-order valence-electron chi connectivity index (χ3n) is 2.10. The topological polar surface area (TPSA) is 42.4 Å². The van der Waals surface area contributed by atoms with E-state index in [9.17, 15) is 0 Å². The van der Waals surface area contributed by atoms with Crippen LogP contribution in [0.2, 0.25) is 0 Å². The molecule has 0 saturated carbocycles. The quantitative estimate of drug-likeness (QED) is 0.693. The molecule has 3 nitrogen and oxygen atoms in total. The predicted octanol–water partition coefficient (Wildman–Crippen LogP) is 1.91. The highest BCUT2D eigenvalue weighted by molar-refractivity contribution is 5.12. The van der Waals surface area contributed by atoms with Crippen LogP contribution in [0.15, 0.2) is 42.1 Å². The zero-order valence-corrected chi connectivity index (χ0v) is 8.98. The van der Waals surface area contributed by atoms with Crippen molar-refractivity contribution in [1.82, 2.24) is 4.90 Å². The molecule has 0 fully saturated rings. The van der Waals surface area contributed by atoms with E-state index in [0.29, 0.717) is 6.54 Å². The maximum Gasteiger partial charge on any atom is 0.118 e. The number of hydrogen-bond donors (Lipinski definition) is 1. The van der Waals surface area contributed by atoms with Crippen molar-refractivity contribution in [1.29, 1.82) is 0 Å². The molecule has 0 aromatic carbocycles. The molecular weight excluding hydrogens is 188 g/mol. The second-order valence-corrected chi connectivity index (χ2v) is 3.40. The SMILES string of the molecule is C=CCN(CC=C)Cc1cc(CN)co1. The average Bonchev–Trinajstić information content (AvgIpc) is 2.66. The first-order valence-corrected chi connectivity index (χ1v) is 5.00. The highest BCUT2D eigenvalue weighted by Crippen LogP contribution is 2.10. The molecule has 15 heavy (non-hydrogen) atoms. The summed E-state index contributed by atoms with van der Waals surface area (Å²) >= 11 is 0. The van der Waals surface area contributed by atoms with Crippen LogP contribution in [0.25, 0.3) is 0 Å². The largest absolute Gasteiger partial charge is 0.468 e. The Hall–Kier alpha value is -1.32. The van der Waals surface area contributed by atoms with Gasteiger partial charge in [0.15, 0.2) is 0 Å². The summed E-state index contributed by atoms with van der Waals surface area (Å²) in [5.74, 6) is 0.930. The van der Waals surface area contributed by atoms with Crippen LogP contribution in [-0.4, -0.2) is 18.0 Å². The number of nitrogens with two attached hydrogens (primary N) is 1. The molecule has 1 rings (SSSR count). The van der Waals surface area contributed by atoms with Gasteiger partial charge in [-0.2, -0.15) is 0 Å². The van der Waals surface area contributed by atoms with Crippen molar-refractivity contribution in [2.24, 2.45) is 5.73 Å². The molecule has 0 radical (unpaired) electrons. The normalized spacial score (nSPS) is 10.5. The second-order valence-electron chi connectivity index (χ2n) is 3.40. The van der Waals surface area contributed by atoms with Gasteiger partial charge in [-0.25, -0.2) is 0 Å². The van der Waals surface area contributed by atoms with Crippen LogP contribution in [0, 0.1) is 0 Å². The van der Waals surface area contributed by atoms with Crippen LogP contribution in [-0.2, 0) is 13.1 Å². The van der Waals surface area contributed by atoms with Crippen LogP contribution in [0.3, 0.4) is 0 Å². The molecular formula is C12H18N2O. The summed E-state index contributed by atoms with van der Waals surface area (Å²) in [5.41, 5.74) is 6.54. The zero-order valence-electron chi connectivity index (χ0n) is 8.98. The Labute approximate surface area is 90.9 Å². The van der Waals surface area contributed by atoms with Crippen molar-refractivity contribution in [3.05, 3.63) is 49.0 Å². The van der Waals surface area contributed by atoms with Crippen molar-refractivity contribution in [3.8, 4) is 0 Å². The van der Waals surface area contributed by atoms with Crippen LogP contribution in [0.4, 0.5) is 0 Å². The van der Waals surface area contributed by atoms with E-state index in [1.807, 2.05) is 18.2 Å². The van der Waals surface area contributed by atoms with Gasteiger partial charge in [0.05, 0.1) is 12.8 Å². The van der Waals surface area contributed by atoms with Crippen LogP contribution in [0.1, 0.15) is 11.3 Å². The molecule has 3 heteroatoms. The summed E-state index contributed by atoms with van der Waals surface area (Å²) in [7, 11) is 0. The van der Waals surface area contributed by atoms with E-state index in [4.69, 9.17) is 10.2 Å². The summed E-state index contributed by atoms with van der Waals surface area (Å²) in [6.07, 6.45) is 5.45. The summed E-state index contributed by atoms with van der Waals surface area (Å²) in [4.78, 5) is 2.18. The van der Waals surface area contributed by atoms with E-state index >= 15 is 0 Å². The predicted molar refractivity (Wildman–Crippen MR) is 62.3 cm³/mol. The number of nitrogens with zero attached hydrogens (tertiary/aromatic N) is 1. The Bertz CT molecular complexity index is 307. The van der Waals surface area contributed by atoms with E-state index in [2.05, 4.69) is 18.1 Å². The van der Waals surface area contributed by atoms with Crippen LogP contribution >= 0.6 is 0 Å². The Morgan fingerprint density at radius 1 is 1.33 bits per heavy atom. The van der Waals surface area contributed by atoms with Gasteiger partial charge in [-0.3, -0.25) is 4.90 Å². The molecule has 0 amide bonds. The van der Waals surface area contributed by atoms with E-state index in [-0.39, 0.29) is 0 Å². The minimum Gasteiger partial charge on any atom is -0.468 e. The smallest absolute Gasteiger partial charge is 0.118 e. The fourth-order valence-electron chi connectivity index (χ4n) is 1.41. The van der Waals surface area contributed by atoms with E-state index in [0.717, 1.165) is 31.0 Å². The molecule has 82 valence electrons. The van der Waals surface area contributed by atoms with Crippen molar-refractivity contribution in [3.63, 3.8) is 0 Å². The van der Waals surface area contributed by atoms with Gasteiger partial charge in [-0.15, -0.1) is 13.2 Å². The first kappa shape index (κ1) is 11.8. The molecule has 1 aromatic heterocycles. The molecule has 0 aliphatic heterocycles. The van der Waals surface area contributed by atoms with Crippen molar-refractivity contribution in [2.45, 2.75) is 13.1 Å². The molecule has 2 N–H and O–H groups in total. The molecule has 0 unspecified atom stereocenters. The molecule has 0 aliphatic carbocycles. The Balaban J connectivity index is 2.55. The summed E-state index contributed by atoms with van der Waals surface area (Å²) in [6.45, 7) is 10.4. The van der Waals surface area contributed by atoms with Gasteiger partial charge in [0.1, 0.15) is 5.76 Å². The summed E-state index contributed by atoms with van der Waals surface area (Å²) < 4.78 is 5.39. The van der Waals surface area contributed by atoms with Gasteiger partial charge in [0.2, 0.25) is 0 Å². The minimum atomic E-state index is 0.520. The van der Waals surface area contributed by atoms with Crippen molar-refractivity contribution < 1.29 is 4.42 Å². The van der Waals surface area contributed by atoms with Gasteiger partial charge >= 0.3 is 0 Å².